The van der Waals surface area contributed by atoms with E-state index in [1.165, 1.54) is 6.07 Å². The van der Waals surface area contributed by atoms with Crippen LogP contribution in [-0.2, 0) is 0 Å². The largest absolute Gasteiger partial charge is 0.391 e. The average molecular weight is 304 g/mol. The quantitative estimate of drug-likeness (QED) is 0.503. The molecule has 21 heavy (non-hydrogen) atoms. The summed E-state index contributed by atoms with van der Waals surface area (Å²) in [5.41, 5.74) is 3.93. The molecule has 0 amide bonds. The summed E-state index contributed by atoms with van der Waals surface area (Å²) in [6.07, 6.45) is -3.18. The minimum absolute atomic E-state index is 0.0788. The van der Waals surface area contributed by atoms with Gasteiger partial charge in [0, 0.05) is 5.56 Å². The van der Waals surface area contributed by atoms with Gasteiger partial charge in [-0.15, -0.1) is 0 Å². The van der Waals surface area contributed by atoms with E-state index in [0.717, 1.165) is 5.56 Å². The Hall–Kier alpha value is -1.14. The highest BCUT2D eigenvalue weighted by Crippen LogP contribution is 2.43. The number of hydrogen-bond donors (Lipinski definition) is 2. The molecular weight excluding hydrogens is 284 g/mol. The van der Waals surface area contributed by atoms with E-state index in [4.69, 9.17) is 5.84 Å². The van der Waals surface area contributed by atoms with E-state index in [2.05, 4.69) is 5.43 Å². The van der Waals surface area contributed by atoms with Crippen molar-refractivity contribution in [1.29, 1.82) is 0 Å². The van der Waals surface area contributed by atoms with Crippen molar-refractivity contribution in [1.82, 2.24) is 5.43 Å². The molecule has 2 nitrogen and oxygen atoms in total. The summed E-state index contributed by atoms with van der Waals surface area (Å²) in [5, 5.41) is 0. The molecule has 1 saturated carbocycles. The molecule has 1 unspecified atom stereocenters. The monoisotopic (exact) mass is 304 g/mol. The SMILES string of the molecule is Cc1ccc(F)c(C(NN)C2CCC(C(F)(F)F)CC2)c1. The molecule has 1 atom stereocenters. The van der Waals surface area contributed by atoms with E-state index in [1.54, 1.807) is 12.1 Å². The fourth-order valence-electron chi connectivity index (χ4n) is 3.16. The predicted molar refractivity (Wildman–Crippen MR) is 72.7 cm³/mol. The Bertz CT molecular complexity index is 479. The molecule has 3 N–H and O–H groups in total. The van der Waals surface area contributed by atoms with Crippen LogP contribution in [0.5, 0.6) is 0 Å². The van der Waals surface area contributed by atoms with Crippen LogP contribution in [0.4, 0.5) is 17.6 Å². The summed E-state index contributed by atoms with van der Waals surface area (Å²) < 4.78 is 52.0. The molecule has 0 saturated heterocycles. The molecule has 1 aliphatic rings. The number of benzene rings is 1. The van der Waals surface area contributed by atoms with Crippen molar-refractivity contribution in [2.75, 3.05) is 0 Å². The van der Waals surface area contributed by atoms with E-state index in [-0.39, 0.29) is 24.6 Å². The van der Waals surface area contributed by atoms with Gasteiger partial charge in [0.15, 0.2) is 0 Å². The molecule has 2 rings (SSSR count). The number of rotatable bonds is 3. The van der Waals surface area contributed by atoms with Gasteiger partial charge in [-0.25, -0.2) is 4.39 Å². The smallest absolute Gasteiger partial charge is 0.271 e. The van der Waals surface area contributed by atoms with Crippen molar-refractivity contribution in [2.45, 2.75) is 44.8 Å². The third-order valence-corrected chi connectivity index (χ3v) is 4.37. The lowest BCUT2D eigenvalue weighted by Gasteiger charge is -2.34. The van der Waals surface area contributed by atoms with Crippen molar-refractivity contribution in [2.24, 2.45) is 17.7 Å². The fraction of sp³-hybridized carbons (Fsp3) is 0.600. The Morgan fingerprint density at radius 3 is 2.33 bits per heavy atom. The number of hydrazine groups is 1. The zero-order valence-corrected chi connectivity index (χ0v) is 11.9. The van der Waals surface area contributed by atoms with Crippen LogP contribution in [-0.4, -0.2) is 6.18 Å². The third kappa shape index (κ3) is 3.74. The first-order valence-electron chi connectivity index (χ1n) is 7.11. The number of nitrogens with two attached hydrogens (primary N) is 1. The van der Waals surface area contributed by atoms with Crippen molar-refractivity contribution in [3.05, 3.63) is 35.1 Å². The highest BCUT2D eigenvalue weighted by molar-refractivity contribution is 5.27. The van der Waals surface area contributed by atoms with Gasteiger partial charge < -0.3 is 0 Å². The fourth-order valence-corrected chi connectivity index (χ4v) is 3.16. The number of aryl methyl sites for hydroxylation is 1. The van der Waals surface area contributed by atoms with Gasteiger partial charge in [-0.05, 0) is 44.6 Å². The standard InChI is InChI=1S/C15H20F4N2/c1-9-2-7-13(16)12(8-9)14(21-20)10-3-5-11(6-4-10)15(17,18)19/h2,7-8,10-11,14,21H,3-6,20H2,1H3. The van der Waals surface area contributed by atoms with E-state index in [0.29, 0.717) is 18.4 Å². The normalized spacial score (nSPS) is 24.9. The zero-order chi connectivity index (χ0) is 15.6. The van der Waals surface area contributed by atoms with E-state index in [9.17, 15) is 17.6 Å². The van der Waals surface area contributed by atoms with Gasteiger partial charge in [-0.1, -0.05) is 17.7 Å². The van der Waals surface area contributed by atoms with Crippen LogP contribution in [0.3, 0.4) is 0 Å². The first-order chi connectivity index (χ1) is 9.82. The summed E-state index contributed by atoms with van der Waals surface area (Å²) in [6.45, 7) is 1.84. The Labute approximate surface area is 121 Å². The summed E-state index contributed by atoms with van der Waals surface area (Å²) in [6, 6.07) is 4.29. The second-order valence-electron chi connectivity index (χ2n) is 5.82. The van der Waals surface area contributed by atoms with E-state index >= 15 is 0 Å². The molecule has 6 heteroatoms. The van der Waals surface area contributed by atoms with Crippen molar-refractivity contribution in [3.63, 3.8) is 0 Å². The van der Waals surface area contributed by atoms with Gasteiger partial charge >= 0.3 is 6.18 Å². The first kappa shape index (κ1) is 16.2. The Morgan fingerprint density at radius 2 is 1.81 bits per heavy atom. The summed E-state index contributed by atoms with van der Waals surface area (Å²) in [5.74, 6) is 3.84. The van der Waals surface area contributed by atoms with Gasteiger partial charge in [-0.2, -0.15) is 13.2 Å². The molecule has 0 radical (unpaired) electrons. The van der Waals surface area contributed by atoms with Crippen LogP contribution < -0.4 is 11.3 Å². The first-order valence-corrected chi connectivity index (χ1v) is 7.11. The third-order valence-electron chi connectivity index (χ3n) is 4.37. The minimum atomic E-state index is -4.13. The molecular formula is C15H20F4N2. The summed E-state index contributed by atoms with van der Waals surface area (Å²) in [7, 11) is 0. The second-order valence-corrected chi connectivity index (χ2v) is 5.82. The molecule has 0 bridgehead atoms. The lowest BCUT2D eigenvalue weighted by molar-refractivity contribution is -0.184. The van der Waals surface area contributed by atoms with Gasteiger partial charge in [0.1, 0.15) is 5.82 Å². The van der Waals surface area contributed by atoms with E-state index < -0.39 is 18.1 Å². The summed E-state index contributed by atoms with van der Waals surface area (Å²) in [4.78, 5) is 0. The molecule has 1 aliphatic carbocycles. The number of hydrogen-bond acceptors (Lipinski definition) is 2. The van der Waals surface area contributed by atoms with Crippen LogP contribution in [0.15, 0.2) is 18.2 Å². The Morgan fingerprint density at radius 1 is 1.19 bits per heavy atom. The second kappa shape index (κ2) is 6.32. The van der Waals surface area contributed by atoms with Crippen LogP contribution >= 0.6 is 0 Å². The van der Waals surface area contributed by atoms with Crippen LogP contribution in [0.25, 0.3) is 0 Å². The van der Waals surface area contributed by atoms with Gasteiger partial charge in [0.2, 0.25) is 0 Å². The minimum Gasteiger partial charge on any atom is -0.271 e. The van der Waals surface area contributed by atoms with E-state index in [1.807, 2.05) is 6.92 Å². The number of alkyl halides is 3. The molecule has 0 aromatic heterocycles. The highest BCUT2D eigenvalue weighted by atomic mass is 19.4. The lowest BCUT2D eigenvalue weighted by Crippen LogP contribution is -2.37. The van der Waals surface area contributed by atoms with Gasteiger partial charge in [-0.3, -0.25) is 11.3 Å². The van der Waals surface area contributed by atoms with Crippen molar-refractivity contribution in [3.8, 4) is 0 Å². The molecule has 0 heterocycles. The molecule has 118 valence electrons. The maximum Gasteiger partial charge on any atom is 0.391 e. The molecule has 1 fully saturated rings. The Balaban J connectivity index is 2.11. The number of halogens is 4. The van der Waals surface area contributed by atoms with Crippen LogP contribution in [0.1, 0.15) is 42.9 Å². The van der Waals surface area contributed by atoms with Crippen molar-refractivity contribution < 1.29 is 17.6 Å². The average Bonchev–Trinajstić information content (AvgIpc) is 2.43. The topological polar surface area (TPSA) is 38.0 Å². The lowest BCUT2D eigenvalue weighted by atomic mass is 9.76. The molecule has 1 aromatic carbocycles. The maximum atomic E-state index is 14.0. The predicted octanol–water partition coefficient (Wildman–Crippen LogP) is 4.01. The van der Waals surface area contributed by atoms with Gasteiger partial charge in [0.25, 0.3) is 0 Å². The van der Waals surface area contributed by atoms with Crippen molar-refractivity contribution >= 4 is 0 Å². The molecule has 1 aromatic rings. The zero-order valence-electron chi connectivity index (χ0n) is 11.9. The van der Waals surface area contributed by atoms with Crippen LogP contribution in [0.2, 0.25) is 0 Å². The molecule has 0 spiro atoms. The van der Waals surface area contributed by atoms with Gasteiger partial charge in [0.05, 0.1) is 12.0 Å². The Kier molecular flexibility index (Phi) is 4.88. The number of nitrogens with one attached hydrogen (secondary N) is 1. The van der Waals surface area contributed by atoms with Crippen LogP contribution in [0, 0.1) is 24.6 Å². The maximum absolute atomic E-state index is 14.0. The summed E-state index contributed by atoms with van der Waals surface area (Å²) >= 11 is 0. The molecule has 0 aliphatic heterocycles. The highest BCUT2D eigenvalue weighted by Gasteiger charge is 2.42.